The van der Waals surface area contributed by atoms with Gasteiger partial charge in [0.05, 0.1) is 0 Å². The van der Waals surface area contributed by atoms with Crippen molar-refractivity contribution in [3.05, 3.63) is 174 Å². The fraction of sp³-hybridized carbons (Fsp3) is 0.192. The number of fused-ring (bicyclic) bond motifs is 14. The second-order valence-corrected chi connectivity index (χ2v) is 17.1. The Bertz CT molecular complexity index is 2750. The molecule has 2 spiro atoms. The second kappa shape index (κ2) is 10.9. The van der Waals surface area contributed by atoms with Crippen LogP contribution in [-0.2, 0) is 10.8 Å². The molecule has 2 nitrogen and oxygen atoms in total. The lowest BCUT2D eigenvalue weighted by molar-refractivity contribution is 0.550. The van der Waals surface area contributed by atoms with E-state index in [1.54, 1.807) is 16.7 Å². The molecule has 262 valence electrons. The third kappa shape index (κ3) is 3.82. The molecule has 6 aliphatic rings. The SMILES string of the molecule is c1ccc(N2c3ccccc3B3c4cc5c(cc4N(c4ccc6c(c4)C4(CCCC4)c4ccccc4-6)c4cccc2c43)-c2ccccc2C52CCCC2)cc1. The van der Waals surface area contributed by atoms with Crippen LogP contribution in [0.25, 0.3) is 22.3 Å². The van der Waals surface area contributed by atoms with Crippen molar-refractivity contribution in [3.8, 4) is 22.3 Å². The number of anilines is 6. The molecule has 13 rings (SSSR count). The number of hydrogen-bond acceptors (Lipinski definition) is 2. The smallest absolute Gasteiger partial charge is 0.252 e. The molecule has 0 aromatic heterocycles. The Labute approximate surface area is 324 Å². The van der Waals surface area contributed by atoms with Crippen molar-refractivity contribution in [2.75, 3.05) is 9.80 Å². The number of benzene rings is 7. The number of para-hydroxylation sites is 2. The fourth-order valence-corrected chi connectivity index (χ4v) is 12.6. The summed E-state index contributed by atoms with van der Waals surface area (Å²) in [6, 6.07) is 58.7. The van der Waals surface area contributed by atoms with Gasteiger partial charge in [0, 0.05) is 45.0 Å². The minimum absolute atomic E-state index is 0.101. The van der Waals surface area contributed by atoms with E-state index in [4.69, 9.17) is 0 Å². The summed E-state index contributed by atoms with van der Waals surface area (Å²) in [4.78, 5) is 5.18. The predicted molar refractivity (Wildman–Crippen MR) is 230 cm³/mol. The Kier molecular flexibility index (Phi) is 6.06. The monoisotopic (exact) mass is 704 g/mol. The van der Waals surface area contributed by atoms with E-state index in [-0.39, 0.29) is 17.5 Å². The quantitative estimate of drug-likeness (QED) is 0.165. The van der Waals surface area contributed by atoms with Gasteiger partial charge in [0.15, 0.2) is 0 Å². The molecule has 2 saturated carbocycles. The van der Waals surface area contributed by atoms with Crippen LogP contribution in [0.3, 0.4) is 0 Å². The van der Waals surface area contributed by atoms with E-state index in [9.17, 15) is 0 Å². The summed E-state index contributed by atoms with van der Waals surface area (Å²) in [6.07, 6.45) is 10.1. The summed E-state index contributed by atoms with van der Waals surface area (Å²) in [5.41, 5.74) is 24.0. The first-order valence-electron chi connectivity index (χ1n) is 20.7. The highest BCUT2D eigenvalue weighted by Gasteiger charge is 2.50. The van der Waals surface area contributed by atoms with Gasteiger partial charge in [-0.05, 0) is 135 Å². The largest absolute Gasteiger partial charge is 0.311 e. The molecule has 7 aromatic carbocycles. The number of rotatable bonds is 2. The molecule has 0 unspecified atom stereocenters. The Morgan fingerprint density at radius 3 is 1.62 bits per heavy atom. The van der Waals surface area contributed by atoms with Gasteiger partial charge in [-0.15, -0.1) is 0 Å². The zero-order chi connectivity index (χ0) is 35.9. The second-order valence-electron chi connectivity index (χ2n) is 17.1. The average molecular weight is 705 g/mol. The van der Waals surface area contributed by atoms with Gasteiger partial charge in [0.25, 0.3) is 6.71 Å². The first kappa shape index (κ1) is 30.5. The Morgan fingerprint density at radius 2 is 0.909 bits per heavy atom. The average Bonchev–Trinajstić information content (AvgIpc) is 4.05. The van der Waals surface area contributed by atoms with E-state index in [0.717, 1.165) is 0 Å². The van der Waals surface area contributed by atoms with Gasteiger partial charge in [0.1, 0.15) is 0 Å². The lowest BCUT2D eigenvalue weighted by atomic mass is 9.33. The summed E-state index contributed by atoms with van der Waals surface area (Å²) >= 11 is 0. The van der Waals surface area contributed by atoms with Gasteiger partial charge in [-0.2, -0.15) is 0 Å². The molecule has 3 heteroatoms. The maximum atomic E-state index is 2.70. The van der Waals surface area contributed by atoms with Gasteiger partial charge in [0.2, 0.25) is 0 Å². The molecule has 4 aliphatic carbocycles. The summed E-state index contributed by atoms with van der Waals surface area (Å²) in [5, 5.41) is 0. The van der Waals surface area contributed by atoms with Crippen molar-refractivity contribution >= 4 is 57.2 Å². The van der Waals surface area contributed by atoms with Crippen molar-refractivity contribution in [1.29, 1.82) is 0 Å². The lowest BCUT2D eigenvalue weighted by Gasteiger charge is -2.44. The fourth-order valence-electron chi connectivity index (χ4n) is 12.6. The van der Waals surface area contributed by atoms with Gasteiger partial charge in [-0.1, -0.05) is 129 Å². The summed E-state index contributed by atoms with van der Waals surface area (Å²) in [5.74, 6) is 0. The molecule has 0 amide bonds. The summed E-state index contributed by atoms with van der Waals surface area (Å²) in [7, 11) is 0. The molecule has 2 aliphatic heterocycles. The molecular weight excluding hydrogens is 663 g/mol. The normalized spacial score (nSPS) is 18.1. The molecule has 2 fully saturated rings. The van der Waals surface area contributed by atoms with E-state index in [1.165, 1.54) is 130 Å². The summed E-state index contributed by atoms with van der Waals surface area (Å²) in [6.45, 7) is 0.126. The van der Waals surface area contributed by atoms with Gasteiger partial charge in [-0.25, -0.2) is 0 Å². The van der Waals surface area contributed by atoms with E-state index in [1.807, 2.05) is 0 Å². The molecule has 55 heavy (non-hydrogen) atoms. The van der Waals surface area contributed by atoms with E-state index >= 15 is 0 Å². The van der Waals surface area contributed by atoms with E-state index < -0.39 is 0 Å². The highest BCUT2D eigenvalue weighted by Crippen LogP contribution is 2.60. The third-order valence-corrected chi connectivity index (χ3v) is 14.7. The van der Waals surface area contributed by atoms with Crippen LogP contribution in [0.5, 0.6) is 0 Å². The summed E-state index contributed by atoms with van der Waals surface area (Å²) < 4.78 is 0. The van der Waals surface area contributed by atoms with Crippen LogP contribution in [0.1, 0.15) is 73.6 Å². The van der Waals surface area contributed by atoms with Gasteiger partial charge in [-0.3, -0.25) is 0 Å². The molecule has 7 aromatic rings. The molecule has 2 heterocycles. The van der Waals surface area contributed by atoms with Crippen LogP contribution in [-0.4, -0.2) is 6.71 Å². The van der Waals surface area contributed by atoms with Crippen LogP contribution < -0.4 is 26.2 Å². The van der Waals surface area contributed by atoms with Crippen molar-refractivity contribution in [3.63, 3.8) is 0 Å². The minimum atomic E-state index is 0.101. The topological polar surface area (TPSA) is 6.48 Å². The van der Waals surface area contributed by atoms with E-state index in [0.29, 0.717) is 0 Å². The van der Waals surface area contributed by atoms with Crippen LogP contribution in [0, 0.1) is 0 Å². The Balaban J connectivity index is 1.11. The van der Waals surface area contributed by atoms with Crippen LogP contribution in [0.15, 0.2) is 152 Å². The third-order valence-electron chi connectivity index (χ3n) is 14.7. The van der Waals surface area contributed by atoms with Gasteiger partial charge < -0.3 is 9.80 Å². The minimum Gasteiger partial charge on any atom is -0.311 e. The Morgan fingerprint density at radius 1 is 0.364 bits per heavy atom. The van der Waals surface area contributed by atoms with Crippen molar-refractivity contribution in [2.24, 2.45) is 0 Å². The molecule has 0 N–H and O–H groups in total. The zero-order valence-corrected chi connectivity index (χ0v) is 31.1. The standard InChI is InChI=1S/C52H41BN2/c1-2-15-34(16-3-1)54-46-22-9-8-21-44(46)53-45-33-43-39(37-18-5-7-20-41(37)52(43)29-12-13-30-52)32-49(45)55(48-24-14-23-47(54)50(48)53)35-25-26-38-36-17-4-6-19-40(36)51(42(38)31-35)27-10-11-28-51/h1-9,14-26,31-33H,10-13,27-30H2. The first-order chi connectivity index (χ1) is 27.3. The number of nitrogens with zero attached hydrogens (tertiary/aromatic N) is 2. The van der Waals surface area contributed by atoms with Crippen molar-refractivity contribution < 1.29 is 0 Å². The Hall–Kier alpha value is -5.80. The maximum Gasteiger partial charge on any atom is 0.252 e. The van der Waals surface area contributed by atoms with Crippen LogP contribution in [0.2, 0.25) is 0 Å². The molecular formula is C52H41BN2. The van der Waals surface area contributed by atoms with Crippen LogP contribution in [0.4, 0.5) is 34.1 Å². The molecule has 0 bridgehead atoms. The highest BCUT2D eigenvalue weighted by atomic mass is 15.2. The highest BCUT2D eigenvalue weighted by molar-refractivity contribution is 7.00. The molecule has 0 radical (unpaired) electrons. The molecule has 0 atom stereocenters. The van der Waals surface area contributed by atoms with Crippen molar-refractivity contribution in [1.82, 2.24) is 0 Å². The van der Waals surface area contributed by atoms with Crippen LogP contribution >= 0.6 is 0 Å². The first-order valence-corrected chi connectivity index (χ1v) is 20.7. The maximum absolute atomic E-state index is 2.70. The predicted octanol–water partition coefficient (Wildman–Crippen LogP) is 11.5. The molecule has 0 saturated heterocycles. The lowest BCUT2D eigenvalue weighted by Crippen LogP contribution is -2.61. The van der Waals surface area contributed by atoms with E-state index in [2.05, 4.69) is 161 Å². The van der Waals surface area contributed by atoms with Crippen molar-refractivity contribution in [2.45, 2.75) is 62.2 Å². The van der Waals surface area contributed by atoms with Gasteiger partial charge >= 0.3 is 0 Å². The zero-order valence-electron chi connectivity index (χ0n) is 31.1. The number of hydrogen-bond donors (Lipinski definition) is 0.